The summed E-state index contributed by atoms with van der Waals surface area (Å²) in [6.07, 6.45) is 0.818. The molecule has 1 aromatic carbocycles. The molecule has 9 heteroatoms. The SMILES string of the molecule is COC1C=CC2=CCN3CCc4cc(OC5OC(CO)C(O)C(O)C5O)c(O)cc4C23C1. The van der Waals surface area contributed by atoms with Gasteiger partial charge in [-0.2, -0.15) is 0 Å². The van der Waals surface area contributed by atoms with E-state index >= 15 is 0 Å². The monoisotopic (exact) mass is 447 g/mol. The fourth-order valence-corrected chi connectivity index (χ4v) is 5.46. The molecule has 4 aliphatic rings. The number of aliphatic hydroxyl groups is 4. The minimum absolute atomic E-state index is 0.0362. The number of ether oxygens (including phenoxy) is 3. The number of phenolic OH excluding ortho intramolecular Hbond substituents is 1. The molecule has 3 aliphatic heterocycles. The largest absolute Gasteiger partial charge is 0.504 e. The van der Waals surface area contributed by atoms with Crippen molar-refractivity contribution < 1.29 is 39.7 Å². The van der Waals surface area contributed by atoms with Gasteiger partial charge in [-0.3, -0.25) is 4.90 Å². The maximum absolute atomic E-state index is 10.8. The zero-order chi connectivity index (χ0) is 22.6. The first-order valence-corrected chi connectivity index (χ1v) is 10.9. The summed E-state index contributed by atoms with van der Waals surface area (Å²) in [7, 11) is 1.69. The summed E-state index contributed by atoms with van der Waals surface area (Å²) < 4.78 is 16.8. The summed E-state index contributed by atoms with van der Waals surface area (Å²) in [5, 5.41) is 50.5. The summed E-state index contributed by atoms with van der Waals surface area (Å²) in [6, 6.07) is 3.44. The van der Waals surface area contributed by atoms with Crippen molar-refractivity contribution in [3.05, 3.63) is 47.1 Å². The highest BCUT2D eigenvalue weighted by Crippen LogP contribution is 2.52. The predicted molar refractivity (Wildman–Crippen MR) is 112 cm³/mol. The average Bonchev–Trinajstić information content (AvgIpc) is 3.19. The van der Waals surface area contributed by atoms with E-state index in [1.54, 1.807) is 19.2 Å². The second kappa shape index (κ2) is 8.11. The molecule has 1 saturated heterocycles. The molecule has 0 amide bonds. The number of aliphatic hydroxyl groups excluding tert-OH is 4. The lowest BCUT2D eigenvalue weighted by molar-refractivity contribution is -0.277. The molecule has 9 nitrogen and oxygen atoms in total. The number of rotatable bonds is 4. The lowest BCUT2D eigenvalue weighted by atomic mass is 9.71. The summed E-state index contributed by atoms with van der Waals surface area (Å²) in [6.45, 7) is 1.11. The van der Waals surface area contributed by atoms with E-state index in [1.807, 2.05) is 0 Å². The molecule has 7 unspecified atom stereocenters. The zero-order valence-electron chi connectivity index (χ0n) is 17.8. The molecule has 0 saturated carbocycles. The van der Waals surface area contributed by atoms with E-state index in [1.165, 1.54) is 5.57 Å². The Hall–Kier alpha value is -1.98. The topological polar surface area (TPSA) is 132 Å². The van der Waals surface area contributed by atoms with Gasteiger partial charge in [0.25, 0.3) is 0 Å². The van der Waals surface area contributed by atoms with Crippen LogP contribution >= 0.6 is 0 Å². The van der Waals surface area contributed by atoms with Crippen LogP contribution in [0.5, 0.6) is 11.5 Å². The van der Waals surface area contributed by atoms with Crippen LogP contribution in [-0.2, 0) is 21.4 Å². The Morgan fingerprint density at radius 1 is 1.19 bits per heavy atom. The molecule has 1 fully saturated rings. The molecule has 32 heavy (non-hydrogen) atoms. The number of aromatic hydroxyl groups is 1. The molecule has 1 aliphatic carbocycles. The third kappa shape index (κ3) is 3.19. The standard InChI is InChI=1S/C23H29NO8/c1-30-14-3-2-13-5-7-24-6-4-12-8-17(16(26)9-15(12)23(13,24)10-14)31-22-21(29)20(28)19(27)18(11-25)32-22/h2-3,5,8-9,14,18-22,25-29H,4,6-7,10-11H2,1H3. The second-order valence-electron chi connectivity index (χ2n) is 8.85. The highest BCUT2D eigenvalue weighted by atomic mass is 16.7. The van der Waals surface area contributed by atoms with Crippen LogP contribution in [0, 0.1) is 0 Å². The van der Waals surface area contributed by atoms with Crippen molar-refractivity contribution in [3.8, 4) is 11.5 Å². The van der Waals surface area contributed by atoms with Gasteiger partial charge in [0.15, 0.2) is 11.5 Å². The molecular formula is C23H29NO8. The van der Waals surface area contributed by atoms with Gasteiger partial charge in [0, 0.05) is 26.6 Å². The molecule has 1 aromatic rings. The van der Waals surface area contributed by atoms with Crippen molar-refractivity contribution in [1.82, 2.24) is 4.90 Å². The van der Waals surface area contributed by atoms with Gasteiger partial charge in [0.05, 0.1) is 18.2 Å². The summed E-state index contributed by atoms with van der Waals surface area (Å²) in [5.74, 6) is -0.0113. The molecule has 174 valence electrons. The maximum Gasteiger partial charge on any atom is 0.229 e. The van der Waals surface area contributed by atoms with Gasteiger partial charge < -0.3 is 39.7 Å². The van der Waals surface area contributed by atoms with Crippen molar-refractivity contribution in [2.45, 2.75) is 55.2 Å². The maximum atomic E-state index is 10.8. The smallest absolute Gasteiger partial charge is 0.229 e. The molecule has 3 heterocycles. The van der Waals surface area contributed by atoms with E-state index in [9.17, 15) is 25.5 Å². The first kappa shape index (κ1) is 21.8. The highest BCUT2D eigenvalue weighted by molar-refractivity contribution is 5.57. The quantitative estimate of drug-likeness (QED) is 0.416. The molecule has 7 atom stereocenters. The molecule has 1 spiro atoms. The first-order valence-electron chi connectivity index (χ1n) is 10.9. The Morgan fingerprint density at radius 2 is 2.00 bits per heavy atom. The normalized spacial score (nSPS) is 38.6. The number of phenols is 1. The molecule has 0 aromatic heterocycles. The van der Waals surface area contributed by atoms with Crippen LogP contribution in [0.4, 0.5) is 0 Å². The van der Waals surface area contributed by atoms with E-state index in [0.29, 0.717) is 0 Å². The van der Waals surface area contributed by atoms with E-state index in [2.05, 4.69) is 23.1 Å². The Labute approximate surface area is 185 Å². The number of fused-ring (bicyclic) bond motifs is 1. The van der Waals surface area contributed by atoms with Crippen LogP contribution in [0.25, 0.3) is 0 Å². The van der Waals surface area contributed by atoms with E-state index in [4.69, 9.17) is 14.2 Å². The molecule has 5 rings (SSSR count). The first-order chi connectivity index (χ1) is 15.4. The summed E-state index contributed by atoms with van der Waals surface area (Å²) >= 11 is 0. The van der Waals surface area contributed by atoms with Crippen LogP contribution < -0.4 is 4.74 Å². The molecule has 0 bridgehead atoms. The van der Waals surface area contributed by atoms with Crippen molar-refractivity contribution in [3.63, 3.8) is 0 Å². The number of methoxy groups -OCH3 is 1. The fraction of sp³-hybridized carbons (Fsp3) is 0.565. The van der Waals surface area contributed by atoms with Crippen molar-refractivity contribution in [1.29, 1.82) is 0 Å². The van der Waals surface area contributed by atoms with Gasteiger partial charge in [-0.25, -0.2) is 0 Å². The summed E-state index contributed by atoms with van der Waals surface area (Å²) in [5.41, 5.74) is 2.82. The van der Waals surface area contributed by atoms with E-state index in [0.717, 1.165) is 37.1 Å². The Bertz CT molecular complexity index is 946. The van der Waals surface area contributed by atoms with Crippen molar-refractivity contribution in [2.75, 3.05) is 26.8 Å². The highest BCUT2D eigenvalue weighted by Gasteiger charge is 2.50. The average molecular weight is 447 g/mol. The Kier molecular flexibility index (Phi) is 5.53. The number of hydrogen-bond donors (Lipinski definition) is 5. The van der Waals surface area contributed by atoms with Crippen LogP contribution in [0.15, 0.2) is 35.9 Å². The zero-order valence-corrected chi connectivity index (χ0v) is 17.8. The third-order valence-corrected chi connectivity index (χ3v) is 7.21. The van der Waals surface area contributed by atoms with E-state index < -0.39 is 37.3 Å². The predicted octanol–water partition coefficient (Wildman–Crippen LogP) is -0.461. The van der Waals surface area contributed by atoms with Crippen molar-refractivity contribution in [2.24, 2.45) is 0 Å². The molecule has 0 radical (unpaired) electrons. The van der Waals surface area contributed by atoms with Crippen molar-refractivity contribution >= 4 is 0 Å². The Morgan fingerprint density at radius 3 is 2.75 bits per heavy atom. The number of hydrogen-bond acceptors (Lipinski definition) is 9. The minimum Gasteiger partial charge on any atom is -0.504 e. The van der Waals surface area contributed by atoms with Crippen LogP contribution in [0.1, 0.15) is 17.5 Å². The summed E-state index contributed by atoms with van der Waals surface area (Å²) in [4.78, 5) is 2.40. The van der Waals surface area contributed by atoms with Crippen LogP contribution in [0.3, 0.4) is 0 Å². The van der Waals surface area contributed by atoms with Gasteiger partial charge >= 0.3 is 0 Å². The van der Waals surface area contributed by atoms with Gasteiger partial charge in [-0.1, -0.05) is 18.2 Å². The van der Waals surface area contributed by atoms with Crippen LogP contribution in [0.2, 0.25) is 0 Å². The fourth-order valence-electron chi connectivity index (χ4n) is 5.46. The van der Waals surface area contributed by atoms with Gasteiger partial charge in [-0.15, -0.1) is 0 Å². The van der Waals surface area contributed by atoms with Gasteiger partial charge in [0.1, 0.15) is 24.4 Å². The third-order valence-electron chi connectivity index (χ3n) is 7.21. The lowest BCUT2D eigenvalue weighted by Crippen LogP contribution is -2.60. The molecular weight excluding hydrogens is 418 g/mol. The molecule has 5 N–H and O–H groups in total. The number of nitrogens with zero attached hydrogens (tertiary/aromatic N) is 1. The Balaban J connectivity index is 1.48. The second-order valence-corrected chi connectivity index (χ2v) is 8.85. The number of benzene rings is 1. The van der Waals surface area contributed by atoms with Gasteiger partial charge in [0.2, 0.25) is 6.29 Å². The van der Waals surface area contributed by atoms with E-state index in [-0.39, 0.29) is 23.1 Å². The lowest BCUT2D eigenvalue weighted by Gasteiger charge is -2.48. The van der Waals surface area contributed by atoms with Crippen LogP contribution in [-0.4, -0.2) is 94.0 Å². The minimum atomic E-state index is -1.55. The van der Waals surface area contributed by atoms with Gasteiger partial charge in [-0.05, 0) is 35.3 Å².